The first-order valence-electron chi connectivity index (χ1n) is 8.89. The van der Waals surface area contributed by atoms with E-state index in [1.807, 2.05) is 34.9 Å². The number of nitrogens with one attached hydrogen (secondary N) is 1. The Morgan fingerprint density at radius 3 is 2.48 bits per heavy atom. The first-order valence-corrected chi connectivity index (χ1v) is 10.3. The summed E-state index contributed by atoms with van der Waals surface area (Å²) in [6, 6.07) is 14.4. The molecule has 1 heterocycles. The van der Waals surface area contributed by atoms with Gasteiger partial charge in [0.25, 0.3) is 0 Å². The highest BCUT2D eigenvalue weighted by Crippen LogP contribution is 2.32. The second kappa shape index (κ2) is 9.11. The van der Waals surface area contributed by atoms with Gasteiger partial charge in [-0.15, -0.1) is 10.2 Å². The van der Waals surface area contributed by atoms with Crippen LogP contribution in [0.3, 0.4) is 0 Å². The van der Waals surface area contributed by atoms with E-state index >= 15 is 0 Å². The maximum Gasteiger partial charge on any atom is 0.318 e. The van der Waals surface area contributed by atoms with Gasteiger partial charge in [-0.3, -0.25) is 14.7 Å². The fourth-order valence-electron chi connectivity index (χ4n) is 2.85. The van der Waals surface area contributed by atoms with Crippen LogP contribution in [0.2, 0.25) is 5.02 Å². The fraction of sp³-hybridized carbons (Fsp3) is 0.200. The van der Waals surface area contributed by atoms with E-state index in [4.69, 9.17) is 17.3 Å². The molecule has 0 aliphatic rings. The molecule has 3 aromatic rings. The van der Waals surface area contributed by atoms with Gasteiger partial charge in [-0.25, -0.2) is 4.79 Å². The number of aromatic nitrogens is 3. The molecule has 0 saturated heterocycles. The number of rotatable bonds is 6. The summed E-state index contributed by atoms with van der Waals surface area (Å²) in [4.78, 5) is 22.7. The highest BCUT2D eigenvalue weighted by Gasteiger charge is 2.20. The molecule has 0 aliphatic carbocycles. The van der Waals surface area contributed by atoms with Gasteiger partial charge in [0, 0.05) is 10.6 Å². The molecule has 150 valence electrons. The number of amides is 3. The van der Waals surface area contributed by atoms with Crippen molar-refractivity contribution in [2.45, 2.75) is 24.9 Å². The molecule has 0 fully saturated rings. The number of hydrogen-bond acceptors (Lipinski definition) is 5. The van der Waals surface area contributed by atoms with Crippen molar-refractivity contribution in [2.75, 3.05) is 5.75 Å². The van der Waals surface area contributed by atoms with Gasteiger partial charge in [0.05, 0.1) is 11.4 Å². The molecule has 0 aliphatic heterocycles. The molecule has 9 heteroatoms. The standard InChI is InChI=1S/C20H20ClN5O2S/c1-12(2)15-5-3-4-6-16(15)26-18(13-7-9-14(21)10-8-13)24-25-20(26)29-11-17(27)23-19(22)28/h3-10,12H,11H2,1-2H3,(H3,22,23,27,28). The highest BCUT2D eigenvalue weighted by molar-refractivity contribution is 7.99. The van der Waals surface area contributed by atoms with Gasteiger partial charge in [-0.2, -0.15) is 0 Å². The minimum atomic E-state index is -0.885. The Labute approximate surface area is 177 Å². The number of benzene rings is 2. The zero-order valence-corrected chi connectivity index (χ0v) is 17.5. The number of nitrogens with zero attached hydrogens (tertiary/aromatic N) is 3. The zero-order chi connectivity index (χ0) is 21.0. The first-order chi connectivity index (χ1) is 13.9. The van der Waals surface area contributed by atoms with Gasteiger partial charge in [0.2, 0.25) is 5.91 Å². The molecule has 1 aromatic heterocycles. The van der Waals surface area contributed by atoms with Crippen LogP contribution in [0.25, 0.3) is 17.1 Å². The number of imide groups is 1. The number of urea groups is 1. The van der Waals surface area contributed by atoms with Crippen molar-refractivity contribution in [3.8, 4) is 17.1 Å². The number of thioether (sulfide) groups is 1. The van der Waals surface area contributed by atoms with Crippen LogP contribution < -0.4 is 11.1 Å². The lowest BCUT2D eigenvalue weighted by atomic mass is 10.0. The van der Waals surface area contributed by atoms with E-state index in [-0.39, 0.29) is 11.7 Å². The Kier molecular flexibility index (Phi) is 6.56. The Hall–Kier alpha value is -2.84. The minimum Gasteiger partial charge on any atom is -0.351 e. The van der Waals surface area contributed by atoms with E-state index in [2.05, 4.69) is 35.4 Å². The summed E-state index contributed by atoms with van der Waals surface area (Å²) in [6.45, 7) is 4.22. The molecule has 29 heavy (non-hydrogen) atoms. The van der Waals surface area contributed by atoms with E-state index in [9.17, 15) is 9.59 Å². The molecule has 0 atom stereocenters. The number of para-hydroxylation sites is 1. The monoisotopic (exact) mass is 429 g/mol. The largest absolute Gasteiger partial charge is 0.351 e. The Morgan fingerprint density at radius 2 is 1.83 bits per heavy atom. The van der Waals surface area contributed by atoms with Crippen molar-refractivity contribution >= 4 is 35.3 Å². The van der Waals surface area contributed by atoms with Crippen LogP contribution >= 0.6 is 23.4 Å². The van der Waals surface area contributed by atoms with E-state index in [1.54, 1.807) is 12.1 Å². The van der Waals surface area contributed by atoms with E-state index in [1.165, 1.54) is 11.8 Å². The molecule has 0 unspecified atom stereocenters. The molecule has 3 rings (SSSR count). The summed E-state index contributed by atoms with van der Waals surface area (Å²) < 4.78 is 1.92. The van der Waals surface area contributed by atoms with Crippen LogP contribution in [0.15, 0.2) is 53.7 Å². The summed E-state index contributed by atoms with van der Waals surface area (Å²) in [5.41, 5.74) is 7.89. The molecule has 3 amide bonds. The van der Waals surface area contributed by atoms with Crippen molar-refractivity contribution in [2.24, 2.45) is 5.73 Å². The number of hydrogen-bond donors (Lipinski definition) is 2. The van der Waals surface area contributed by atoms with E-state index < -0.39 is 11.9 Å². The number of nitrogens with two attached hydrogens (primary N) is 1. The van der Waals surface area contributed by atoms with Crippen molar-refractivity contribution in [3.63, 3.8) is 0 Å². The molecule has 0 spiro atoms. The summed E-state index contributed by atoms with van der Waals surface area (Å²) in [5, 5.41) is 11.9. The number of primary amides is 1. The summed E-state index contributed by atoms with van der Waals surface area (Å²) in [5.74, 6) is 0.378. The van der Waals surface area contributed by atoms with Crippen LogP contribution in [-0.2, 0) is 4.79 Å². The predicted octanol–water partition coefficient (Wildman–Crippen LogP) is 4.00. The fourth-order valence-corrected chi connectivity index (χ4v) is 3.72. The van der Waals surface area contributed by atoms with E-state index in [0.717, 1.165) is 16.8 Å². The van der Waals surface area contributed by atoms with Gasteiger partial charge >= 0.3 is 6.03 Å². The minimum absolute atomic E-state index is 0.0223. The molecular formula is C20H20ClN5O2S. The van der Waals surface area contributed by atoms with Crippen LogP contribution in [0, 0.1) is 0 Å². The van der Waals surface area contributed by atoms with Crippen molar-refractivity contribution in [1.82, 2.24) is 20.1 Å². The molecule has 0 radical (unpaired) electrons. The maximum atomic E-state index is 11.9. The van der Waals surface area contributed by atoms with Gasteiger partial charge in [0.15, 0.2) is 11.0 Å². The van der Waals surface area contributed by atoms with Gasteiger partial charge in [-0.05, 0) is 41.8 Å². The average molecular weight is 430 g/mol. The number of halogens is 1. The third kappa shape index (κ3) is 4.96. The van der Waals surface area contributed by atoms with Crippen LogP contribution in [-0.4, -0.2) is 32.5 Å². The molecule has 0 saturated carbocycles. The smallest absolute Gasteiger partial charge is 0.318 e. The van der Waals surface area contributed by atoms with Crippen molar-refractivity contribution < 1.29 is 9.59 Å². The lowest BCUT2D eigenvalue weighted by Crippen LogP contribution is -2.36. The van der Waals surface area contributed by atoms with Gasteiger partial charge < -0.3 is 5.73 Å². The van der Waals surface area contributed by atoms with Crippen molar-refractivity contribution in [1.29, 1.82) is 0 Å². The molecule has 0 bridgehead atoms. The highest BCUT2D eigenvalue weighted by atomic mass is 35.5. The Morgan fingerprint density at radius 1 is 1.14 bits per heavy atom. The number of carbonyl (C=O) groups is 2. The van der Waals surface area contributed by atoms with Crippen LogP contribution in [0.4, 0.5) is 4.79 Å². The molecule has 7 nitrogen and oxygen atoms in total. The third-order valence-electron chi connectivity index (χ3n) is 4.13. The van der Waals surface area contributed by atoms with Crippen LogP contribution in [0.1, 0.15) is 25.3 Å². The maximum absolute atomic E-state index is 11.9. The lowest BCUT2D eigenvalue weighted by Gasteiger charge is -2.17. The summed E-state index contributed by atoms with van der Waals surface area (Å²) in [6.07, 6.45) is 0. The Bertz CT molecular complexity index is 1030. The Balaban J connectivity index is 2.07. The quantitative estimate of drug-likeness (QED) is 0.576. The van der Waals surface area contributed by atoms with Crippen LogP contribution in [0.5, 0.6) is 0 Å². The molecular weight excluding hydrogens is 410 g/mol. The topological polar surface area (TPSA) is 103 Å². The normalized spacial score (nSPS) is 10.9. The second-order valence-corrected chi connectivity index (χ2v) is 7.94. The van der Waals surface area contributed by atoms with Crippen molar-refractivity contribution in [3.05, 3.63) is 59.1 Å². The summed E-state index contributed by atoms with van der Waals surface area (Å²) >= 11 is 7.20. The van der Waals surface area contributed by atoms with E-state index in [0.29, 0.717) is 16.0 Å². The van der Waals surface area contributed by atoms with Gasteiger partial charge in [-0.1, -0.05) is 55.4 Å². The predicted molar refractivity (Wildman–Crippen MR) is 114 cm³/mol. The third-order valence-corrected chi connectivity index (χ3v) is 5.31. The summed E-state index contributed by atoms with van der Waals surface area (Å²) in [7, 11) is 0. The molecule has 3 N–H and O–H groups in total. The molecule has 2 aromatic carbocycles. The number of carbonyl (C=O) groups excluding carboxylic acids is 2. The second-order valence-electron chi connectivity index (χ2n) is 6.56. The zero-order valence-electron chi connectivity index (χ0n) is 15.9. The average Bonchev–Trinajstić information content (AvgIpc) is 3.10. The SMILES string of the molecule is CC(C)c1ccccc1-n1c(SCC(=O)NC(N)=O)nnc1-c1ccc(Cl)cc1. The lowest BCUT2D eigenvalue weighted by molar-refractivity contribution is -0.117. The first kappa shape index (κ1) is 20.9. The van der Waals surface area contributed by atoms with Gasteiger partial charge in [0.1, 0.15) is 0 Å².